The minimum atomic E-state index is -0.504. The van der Waals surface area contributed by atoms with Gasteiger partial charge >= 0.3 is 0 Å². The SMILES string of the molecule is CC(C)[C@H](N)C(=O)N1CCC[C@H]1c1ncc(-c2ccc3cc(-c4ccc5nc([C@@H]6CCCN6C(=O)[C@@H](c6ccccc6)N(C)C)[nH]c5c4)ccc3c2)[nH]1. The number of aromatic amines is 2. The van der Waals surface area contributed by atoms with Gasteiger partial charge < -0.3 is 25.5 Å². The van der Waals surface area contributed by atoms with Crippen molar-refractivity contribution < 1.29 is 9.59 Å². The smallest absolute Gasteiger partial charge is 0.245 e. The molecule has 0 spiro atoms. The summed E-state index contributed by atoms with van der Waals surface area (Å²) in [6, 6.07) is 28.3. The van der Waals surface area contributed by atoms with Crippen LogP contribution in [0.5, 0.6) is 0 Å². The average molecular weight is 709 g/mol. The molecule has 2 aliphatic heterocycles. The first kappa shape index (κ1) is 34.7. The van der Waals surface area contributed by atoms with Crippen molar-refractivity contribution in [1.29, 1.82) is 0 Å². The molecule has 0 unspecified atom stereocenters. The van der Waals surface area contributed by atoms with Crippen LogP contribution in [0.1, 0.15) is 74.9 Å². The van der Waals surface area contributed by atoms with Crippen molar-refractivity contribution in [1.82, 2.24) is 34.6 Å². The molecule has 272 valence electrons. The summed E-state index contributed by atoms with van der Waals surface area (Å²) in [5.41, 5.74) is 13.3. The standard InChI is InChI=1S/C43H48N8O2/c1-26(2)38(44)42(52)50-20-8-12-36(50)40-45-25-35(48-40)32-17-16-28-22-29(14-15-30(28)23-32)31-18-19-33-34(24-31)47-41(46-33)37-13-9-21-51(37)43(53)39(49(3)4)27-10-6-5-7-11-27/h5-7,10-11,14-19,22-26,36-39H,8-9,12-13,20-21,44H2,1-4H3,(H,45,48)(H,46,47)/t36-,37-,38-,39+/m0/s1. The number of likely N-dealkylation sites (N-methyl/N-ethyl adjacent to an activating group) is 1. The molecule has 4 atom stereocenters. The van der Waals surface area contributed by atoms with E-state index in [4.69, 9.17) is 15.7 Å². The maximum Gasteiger partial charge on any atom is 0.245 e. The van der Waals surface area contributed by atoms with Gasteiger partial charge in [0.1, 0.15) is 17.7 Å². The third kappa shape index (κ3) is 6.62. The van der Waals surface area contributed by atoms with Gasteiger partial charge in [0.2, 0.25) is 11.8 Å². The van der Waals surface area contributed by atoms with Gasteiger partial charge in [0, 0.05) is 18.7 Å². The number of amides is 2. The average Bonchev–Trinajstić information content (AvgIpc) is 4.00. The molecule has 2 amide bonds. The van der Waals surface area contributed by atoms with Crippen LogP contribution in [0.3, 0.4) is 0 Å². The summed E-state index contributed by atoms with van der Waals surface area (Å²) >= 11 is 0. The Labute approximate surface area is 310 Å². The molecule has 4 heterocycles. The van der Waals surface area contributed by atoms with E-state index in [1.54, 1.807) is 0 Å². The Hall–Kier alpha value is -5.32. The highest BCUT2D eigenvalue weighted by Gasteiger charge is 2.37. The predicted molar refractivity (Wildman–Crippen MR) is 210 cm³/mol. The number of imidazole rings is 2. The van der Waals surface area contributed by atoms with Crippen molar-refractivity contribution in [2.24, 2.45) is 11.7 Å². The van der Waals surface area contributed by atoms with E-state index in [1.165, 1.54) is 0 Å². The Bertz CT molecular complexity index is 2270. The summed E-state index contributed by atoms with van der Waals surface area (Å²) in [5.74, 6) is 1.85. The van der Waals surface area contributed by atoms with Crippen LogP contribution in [0.15, 0.2) is 91.1 Å². The molecule has 4 N–H and O–H groups in total. The Kier molecular flexibility index (Phi) is 9.34. The number of hydrogen-bond acceptors (Lipinski definition) is 6. The first-order valence-electron chi connectivity index (χ1n) is 18.8. The molecule has 2 aromatic heterocycles. The first-order valence-corrected chi connectivity index (χ1v) is 18.8. The highest BCUT2D eigenvalue weighted by atomic mass is 16.2. The van der Waals surface area contributed by atoms with Crippen LogP contribution in [0, 0.1) is 5.92 Å². The number of likely N-dealkylation sites (tertiary alicyclic amines) is 2. The van der Waals surface area contributed by atoms with Crippen molar-refractivity contribution in [3.63, 3.8) is 0 Å². The molecule has 0 aliphatic carbocycles. The van der Waals surface area contributed by atoms with Crippen molar-refractivity contribution in [2.75, 3.05) is 27.2 Å². The predicted octanol–water partition coefficient (Wildman–Crippen LogP) is 7.39. The van der Waals surface area contributed by atoms with Crippen molar-refractivity contribution in [3.8, 4) is 22.4 Å². The topological polar surface area (TPSA) is 127 Å². The molecule has 2 fully saturated rings. The van der Waals surface area contributed by atoms with Gasteiger partial charge in [0.25, 0.3) is 0 Å². The number of carbonyl (C=O) groups is 2. The number of carbonyl (C=O) groups excluding carboxylic acids is 2. The third-order valence-electron chi connectivity index (χ3n) is 11.2. The van der Waals surface area contributed by atoms with Crippen molar-refractivity contribution >= 4 is 33.6 Å². The maximum atomic E-state index is 14.0. The van der Waals surface area contributed by atoms with E-state index >= 15 is 0 Å². The molecule has 53 heavy (non-hydrogen) atoms. The number of nitrogens with zero attached hydrogens (tertiary/aromatic N) is 5. The Balaban J connectivity index is 1.00. The van der Waals surface area contributed by atoms with Crippen LogP contribution in [0.4, 0.5) is 0 Å². The minimum absolute atomic E-state index is 0.00106. The molecular weight excluding hydrogens is 661 g/mol. The molecular formula is C43H48N8O2. The van der Waals surface area contributed by atoms with Gasteiger partial charge in [-0.15, -0.1) is 0 Å². The zero-order chi connectivity index (χ0) is 36.8. The Morgan fingerprint density at radius 1 is 0.774 bits per heavy atom. The molecule has 2 saturated heterocycles. The second-order valence-corrected chi connectivity index (χ2v) is 15.2. The third-order valence-corrected chi connectivity index (χ3v) is 11.2. The number of nitrogens with one attached hydrogen (secondary N) is 2. The van der Waals surface area contributed by atoms with Crippen LogP contribution in [0.25, 0.3) is 44.2 Å². The van der Waals surface area contributed by atoms with E-state index in [2.05, 4.69) is 64.6 Å². The van der Waals surface area contributed by atoms with E-state index < -0.39 is 6.04 Å². The van der Waals surface area contributed by atoms with Gasteiger partial charge in [-0.3, -0.25) is 14.5 Å². The summed E-state index contributed by atoms with van der Waals surface area (Å²) < 4.78 is 0. The number of aromatic nitrogens is 4. The van der Waals surface area contributed by atoms with E-state index in [-0.39, 0.29) is 35.9 Å². The number of benzene rings is 4. The van der Waals surface area contributed by atoms with Gasteiger partial charge in [0.15, 0.2) is 0 Å². The van der Waals surface area contributed by atoms with Crippen molar-refractivity contribution in [3.05, 3.63) is 108 Å². The summed E-state index contributed by atoms with van der Waals surface area (Å²) in [4.78, 5) is 49.8. The van der Waals surface area contributed by atoms with Crippen LogP contribution < -0.4 is 5.73 Å². The molecule has 10 heteroatoms. The summed E-state index contributed by atoms with van der Waals surface area (Å²) in [5, 5.41) is 2.27. The Morgan fingerprint density at radius 3 is 2.09 bits per heavy atom. The molecule has 0 bridgehead atoms. The molecule has 4 aromatic carbocycles. The number of H-pyrrole nitrogens is 2. The molecule has 0 saturated carbocycles. The quantitative estimate of drug-likeness (QED) is 0.144. The fraction of sp³-hybridized carbons (Fsp3) is 0.349. The van der Waals surface area contributed by atoms with E-state index in [0.717, 1.165) is 93.6 Å². The second kappa shape index (κ2) is 14.2. The Morgan fingerprint density at radius 2 is 1.40 bits per heavy atom. The fourth-order valence-corrected chi connectivity index (χ4v) is 8.17. The number of fused-ring (bicyclic) bond motifs is 2. The van der Waals surface area contributed by atoms with Gasteiger partial charge in [0.05, 0.1) is 41.0 Å². The second-order valence-electron chi connectivity index (χ2n) is 15.2. The van der Waals surface area contributed by atoms with E-state index in [1.807, 2.05) is 79.2 Å². The van der Waals surface area contributed by atoms with E-state index in [9.17, 15) is 9.59 Å². The summed E-state index contributed by atoms with van der Waals surface area (Å²) in [6.45, 7) is 5.40. The van der Waals surface area contributed by atoms with Gasteiger partial charge in [-0.2, -0.15) is 0 Å². The lowest BCUT2D eigenvalue weighted by atomic mass is 9.99. The monoisotopic (exact) mass is 708 g/mol. The molecule has 0 radical (unpaired) electrons. The number of hydrogen-bond donors (Lipinski definition) is 3. The van der Waals surface area contributed by atoms with Crippen LogP contribution in [0.2, 0.25) is 0 Å². The van der Waals surface area contributed by atoms with Crippen molar-refractivity contribution in [2.45, 2.75) is 63.7 Å². The minimum Gasteiger partial charge on any atom is -0.340 e. The molecule has 8 rings (SSSR count). The fourth-order valence-electron chi connectivity index (χ4n) is 8.17. The zero-order valence-electron chi connectivity index (χ0n) is 30.9. The van der Waals surface area contributed by atoms with Gasteiger partial charge in [-0.25, -0.2) is 9.97 Å². The van der Waals surface area contributed by atoms with Crippen LogP contribution in [-0.2, 0) is 9.59 Å². The molecule has 10 nitrogen and oxygen atoms in total. The normalized spacial score (nSPS) is 18.8. The number of rotatable bonds is 9. The summed E-state index contributed by atoms with van der Waals surface area (Å²) in [6.07, 6.45) is 5.51. The van der Waals surface area contributed by atoms with Crippen LogP contribution >= 0.6 is 0 Å². The molecule has 2 aliphatic rings. The van der Waals surface area contributed by atoms with Crippen LogP contribution in [-0.4, -0.2) is 79.7 Å². The highest BCUT2D eigenvalue weighted by Crippen LogP contribution is 2.37. The lowest BCUT2D eigenvalue weighted by molar-refractivity contribution is -0.137. The summed E-state index contributed by atoms with van der Waals surface area (Å²) in [7, 11) is 3.93. The highest BCUT2D eigenvalue weighted by molar-refractivity contribution is 5.92. The lowest BCUT2D eigenvalue weighted by Crippen LogP contribution is -2.46. The number of nitrogens with two attached hydrogens (primary N) is 1. The molecule has 6 aromatic rings. The largest absolute Gasteiger partial charge is 0.340 e. The maximum absolute atomic E-state index is 14.0. The van der Waals surface area contributed by atoms with Gasteiger partial charge in [-0.05, 0) is 97.4 Å². The zero-order valence-corrected chi connectivity index (χ0v) is 30.9. The first-order chi connectivity index (χ1) is 25.7. The van der Waals surface area contributed by atoms with E-state index in [0.29, 0.717) is 6.54 Å². The van der Waals surface area contributed by atoms with Gasteiger partial charge in [-0.1, -0.05) is 74.5 Å². The lowest BCUT2D eigenvalue weighted by Gasteiger charge is -2.31.